The molecule has 0 bridgehead atoms. The van der Waals surface area contributed by atoms with Crippen LogP contribution in [-0.2, 0) is 16.1 Å². The lowest BCUT2D eigenvalue weighted by atomic mass is 10.1. The van der Waals surface area contributed by atoms with Gasteiger partial charge in [-0.25, -0.2) is 0 Å². The van der Waals surface area contributed by atoms with E-state index in [0.29, 0.717) is 28.6 Å². The third kappa shape index (κ3) is 4.76. The molecule has 1 aliphatic rings. The summed E-state index contributed by atoms with van der Waals surface area (Å²) in [4.78, 5) is 27.3. The van der Waals surface area contributed by atoms with Gasteiger partial charge in [0.2, 0.25) is 5.91 Å². The van der Waals surface area contributed by atoms with Crippen LogP contribution in [0.25, 0.3) is 6.08 Å². The Labute approximate surface area is 191 Å². The first-order valence-electron chi connectivity index (χ1n) is 10.00. The van der Waals surface area contributed by atoms with E-state index in [1.807, 2.05) is 42.5 Å². The lowest BCUT2D eigenvalue weighted by Gasteiger charge is -2.30. The number of nitrogens with one attached hydrogen (secondary N) is 1. The van der Waals surface area contributed by atoms with Crippen LogP contribution >= 0.6 is 11.6 Å². The minimum atomic E-state index is -0.414. The number of rotatable bonds is 6. The number of nitrogens with zero attached hydrogens (tertiary/aromatic N) is 1. The quantitative estimate of drug-likeness (QED) is 0.566. The van der Waals surface area contributed by atoms with Crippen molar-refractivity contribution in [1.29, 1.82) is 0 Å². The number of carbonyl (C=O) groups is 2. The van der Waals surface area contributed by atoms with E-state index in [2.05, 4.69) is 5.32 Å². The molecule has 0 atom stereocenters. The van der Waals surface area contributed by atoms with Gasteiger partial charge in [0.05, 0.1) is 12.8 Å². The van der Waals surface area contributed by atoms with E-state index in [0.717, 1.165) is 11.3 Å². The number of halogens is 1. The van der Waals surface area contributed by atoms with Crippen molar-refractivity contribution in [2.24, 2.45) is 0 Å². The van der Waals surface area contributed by atoms with Gasteiger partial charge in [-0.3, -0.25) is 14.5 Å². The van der Waals surface area contributed by atoms with Crippen molar-refractivity contribution in [2.45, 2.75) is 6.54 Å². The second-order valence-electron chi connectivity index (χ2n) is 7.12. The summed E-state index contributed by atoms with van der Waals surface area (Å²) in [6.07, 6.45) is 1.59. The molecule has 0 radical (unpaired) electrons. The summed E-state index contributed by atoms with van der Waals surface area (Å²) in [6.45, 7) is 0.195. The molecule has 162 valence electrons. The van der Waals surface area contributed by atoms with Gasteiger partial charge in [0, 0.05) is 11.6 Å². The fourth-order valence-corrected chi connectivity index (χ4v) is 3.49. The largest absolute Gasteiger partial charge is 0.497 e. The highest BCUT2D eigenvalue weighted by molar-refractivity contribution is 6.32. The van der Waals surface area contributed by atoms with Crippen LogP contribution in [0.1, 0.15) is 11.1 Å². The first-order valence-corrected chi connectivity index (χ1v) is 10.4. The van der Waals surface area contributed by atoms with E-state index in [-0.39, 0.29) is 18.2 Å². The van der Waals surface area contributed by atoms with Gasteiger partial charge in [-0.1, -0.05) is 54.1 Å². The van der Waals surface area contributed by atoms with Gasteiger partial charge in [0.1, 0.15) is 12.3 Å². The van der Waals surface area contributed by atoms with E-state index in [1.165, 1.54) is 4.90 Å². The Hall–Kier alpha value is -3.77. The lowest BCUT2D eigenvalue weighted by molar-refractivity contribution is -0.123. The van der Waals surface area contributed by atoms with Crippen LogP contribution in [0.4, 0.5) is 5.69 Å². The third-order valence-electron chi connectivity index (χ3n) is 4.97. The van der Waals surface area contributed by atoms with Gasteiger partial charge >= 0.3 is 0 Å². The molecule has 0 saturated heterocycles. The molecule has 1 heterocycles. The highest BCUT2D eigenvalue weighted by atomic mass is 35.5. The molecule has 6 nitrogen and oxygen atoms in total. The molecule has 1 aliphatic heterocycles. The molecule has 7 heteroatoms. The van der Waals surface area contributed by atoms with Crippen molar-refractivity contribution < 1.29 is 19.1 Å². The topological polar surface area (TPSA) is 67.9 Å². The van der Waals surface area contributed by atoms with Crippen LogP contribution in [0.2, 0.25) is 5.02 Å². The molecular weight excluding hydrogens is 428 g/mol. The average Bonchev–Trinajstić information content (AvgIpc) is 2.82. The number of para-hydroxylation sites is 2. The SMILES string of the molecule is COc1ccc(CNC(=O)CN2C(=O)C(=Cc3ccccc3Cl)Oc3ccccc32)cc1. The zero-order chi connectivity index (χ0) is 22.5. The summed E-state index contributed by atoms with van der Waals surface area (Å²) in [5, 5.41) is 3.35. The number of anilines is 1. The van der Waals surface area contributed by atoms with E-state index >= 15 is 0 Å². The van der Waals surface area contributed by atoms with E-state index < -0.39 is 5.91 Å². The van der Waals surface area contributed by atoms with Crippen molar-refractivity contribution in [3.05, 3.63) is 94.7 Å². The zero-order valence-corrected chi connectivity index (χ0v) is 18.1. The van der Waals surface area contributed by atoms with Gasteiger partial charge in [-0.05, 0) is 47.5 Å². The smallest absolute Gasteiger partial charge is 0.294 e. The van der Waals surface area contributed by atoms with E-state index in [1.54, 1.807) is 43.5 Å². The molecule has 0 spiro atoms. The second kappa shape index (κ2) is 9.58. The Morgan fingerprint density at radius 3 is 2.53 bits per heavy atom. The van der Waals surface area contributed by atoms with E-state index in [9.17, 15) is 9.59 Å². The van der Waals surface area contributed by atoms with Gasteiger partial charge < -0.3 is 14.8 Å². The number of methoxy groups -OCH3 is 1. The molecule has 0 fully saturated rings. The normalized spacial score (nSPS) is 14.0. The number of amides is 2. The van der Waals surface area contributed by atoms with E-state index in [4.69, 9.17) is 21.1 Å². The standard InChI is InChI=1S/C25H21ClN2O4/c1-31-19-12-10-17(11-13-19)15-27-24(29)16-28-21-8-4-5-9-22(21)32-23(25(28)30)14-18-6-2-3-7-20(18)26/h2-14H,15-16H2,1H3,(H,27,29). The van der Waals surface area contributed by atoms with Crippen molar-refractivity contribution in [3.8, 4) is 11.5 Å². The average molecular weight is 449 g/mol. The molecule has 3 aromatic carbocycles. The maximum Gasteiger partial charge on any atom is 0.294 e. The Morgan fingerprint density at radius 1 is 1.06 bits per heavy atom. The molecule has 0 saturated carbocycles. The molecule has 1 N–H and O–H groups in total. The predicted molar refractivity (Wildman–Crippen MR) is 124 cm³/mol. The molecule has 2 amide bonds. The summed E-state index contributed by atoms with van der Waals surface area (Å²) in [6, 6.07) is 21.7. The first-order chi connectivity index (χ1) is 15.5. The number of carbonyl (C=O) groups excluding carboxylic acids is 2. The molecule has 32 heavy (non-hydrogen) atoms. The van der Waals surface area contributed by atoms with Crippen LogP contribution in [0.5, 0.6) is 11.5 Å². The number of benzene rings is 3. The third-order valence-corrected chi connectivity index (χ3v) is 5.32. The van der Waals surface area contributed by atoms with Crippen LogP contribution in [0.15, 0.2) is 78.6 Å². The minimum absolute atomic E-state index is 0.0970. The number of hydrogen-bond acceptors (Lipinski definition) is 4. The monoisotopic (exact) mass is 448 g/mol. The summed E-state index contributed by atoms with van der Waals surface area (Å²) in [7, 11) is 1.60. The molecule has 0 aliphatic carbocycles. The Bertz CT molecular complexity index is 1170. The lowest BCUT2D eigenvalue weighted by Crippen LogP contribution is -2.44. The number of ether oxygens (including phenoxy) is 2. The molecule has 0 aromatic heterocycles. The summed E-state index contributed by atoms with van der Waals surface area (Å²) in [5.41, 5.74) is 2.11. The summed E-state index contributed by atoms with van der Waals surface area (Å²) < 4.78 is 11.0. The zero-order valence-electron chi connectivity index (χ0n) is 17.4. The predicted octanol–water partition coefficient (Wildman–Crippen LogP) is 4.43. The van der Waals surface area contributed by atoms with Crippen LogP contribution < -0.4 is 19.7 Å². The fourth-order valence-electron chi connectivity index (χ4n) is 3.30. The molecule has 3 aromatic rings. The highest BCUT2D eigenvalue weighted by Gasteiger charge is 2.31. The summed E-state index contributed by atoms with van der Waals surface area (Å²) in [5.74, 6) is 0.632. The van der Waals surface area contributed by atoms with Crippen molar-refractivity contribution in [1.82, 2.24) is 5.32 Å². The van der Waals surface area contributed by atoms with Gasteiger partial charge in [0.15, 0.2) is 11.5 Å². The van der Waals surface area contributed by atoms with Gasteiger partial charge in [-0.15, -0.1) is 0 Å². The van der Waals surface area contributed by atoms with Crippen molar-refractivity contribution in [3.63, 3.8) is 0 Å². The fraction of sp³-hybridized carbons (Fsp3) is 0.120. The Balaban J connectivity index is 1.52. The van der Waals surface area contributed by atoms with Gasteiger partial charge in [-0.2, -0.15) is 0 Å². The second-order valence-corrected chi connectivity index (χ2v) is 7.52. The Morgan fingerprint density at radius 2 is 1.78 bits per heavy atom. The van der Waals surface area contributed by atoms with Crippen molar-refractivity contribution >= 4 is 35.2 Å². The summed E-state index contributed by atoms with van der Waals surface area (Å²) >= 11 is 6.23. The van der Waals surface area contributed by atoms with Crippen molar-refractivity contribution in [2.75, 3.05) is 18.6 Å². The highest BCUT2D eigenvalue weighted by Crippen LogP contribution is 2.35. The molecule has 4 rings (SSSR count). The van der Waals surface area contributed by atoms with Crippen LogP contribution in [0.3, 0.4) is 0 Å². The minimum Gasteiger partial charge on any atom is -0.497 e. The van der Waals surface area contributed by atoms with Crippen LogP contribution in [0, 0.1) is 0 Å². The Kier molecular flexibility index (Phi) is 6.42. The van der Waals surface area contributed by atoms with Gasteiger partial charge in [0.25, 0.3) is 5.91 Å². The maximum atomic E-state index is 13.2. The van der Waals surface area contributed by atoms with Crippen LogP contribution in [-0.4, -0.2) is 25.5 Å². The maximum absolute atomic E-state index is 13.2. The molecule has 0 unspecified atom stereocenters. The first kappa shape index (κ1) is 21.5. The molecular formula is C25H21ClN2O4. The number of hydrogen-bond donors (Lipinski definition) is 1. The number of fused-ring (bicyclic) bond motifs is 1.